The van der Waals surface area contributed by atoms with Crippen molar-refractivity contribution in [3.8, 4) is 0 Å². The number of carbonyl (C=O) groups is 3. The molecule has 0 saturated carbocycles. The van der Waals surface area contributed by atoms with Gasteiger partial charge < -0.3 is 14.4 Å². The summed E-state index contributed by atoms with van der Waals surface area (Å²) in [5.41, 5.74) is 1.31. The molecule has 0 saturated heterocycles. The summed E-state index contributed by atoms with van der Waals surface area (Å²) < 4.78 is 9.70. The monoisotopic (exact) mass is 341 g/mol. The zero-order chi connectivity index (χ0) is 18.4. The van der Waals surface area contributed by atoms with E-state index in [1.807, 2.05) is 0 Å². The molecule has 1 amide bonds. The molecule has 0 aliphatic heterocycles. The summed E-state index contributed by atoms with van der Waals surface area (Å²) in [6, 6.07) is 12.9. The molecule has 0 N–H and O–H groups in total. The van der Waals surface area contributed by atoms with Crippen LogP contribution in [0.5, 0.6) is 0 Å². The number of anilines is 1. The van der Waals surface area contributed by atoms with Crippen LogP contribution >= 0.6 is 0 Å². The summed E-state index contributed by atoms with van der Waals surface area (Å²) in [7, 11) is 2.84. The Morgan fingerprint density at radius 1 is 0.960 bits per heavy atom. The fraction of sp³-hybridized carbons (Fsp3) is 0.211. The lowest BCUT2D eigenvalue weighted by Crippen LogP contribution is -2.28. The second kappa shape index (κ2) is 8.10. The van der Waals surface area contributed by atoms with Crippen molar-refractivity contribution in [3.63, 3.8) is 0 Å². The van der Waals surface area contributed by atoms with Gasteiger partial charge in [0.1, 0.15) is 0 Å². The molecular weight excluding hydrogens is 322 g/mol. The van der Waals surface area contributed by atoms with Gasteiger partial charge in [-0.3, -0.25) is 4.79 Å². The standard InChI is InChI=1S/C19H19NO5/c1-4-25-19(23)15-10-5-6-11-16(15)20(2)17(21)13-8-7-9-14(12-13)18(22)24-3/h5-12H,4H2,1-3H3. The minimum atomic E-state index is -0.524. The first-order valence-electron chi connectivity index (χ1n) is 7.72. The lowest BCUT2D eigenvalue weighted by atomic mass is 10.1. The van der Waals surface area contributed by atoms with E-state index in [0.717, 1.165) is 0 Å². The maximum atomic E-state index is 12.8. The molecule has 25 heavy (non-hydrogen) atoms. The predicted octanol–water partition coefficient (Wildman–Crippen LogP) is 2.93. The molecule has 0 spiro atoms. The Balaban J connectivity index is 2.35. The number of esters is 2. The van der Waals surface area contributed by atoms with Crippen molar-refractivity contribution >= 4 is 23.5 Å². The summed E-state index contributed by atoms with van der Waals surface area (Å²) in [4.78, 5) is 37.8. The highest BCUT2D eigenvalue weighted by Gasteiger charge is 2.21. The third kappa shape index (κ3) is 4.03. The minimum Gasteiger partial charge on any atom is -0.465 e. The van der Waals surface area contributed by atoms with Crippen molar-refractivity contribution in [1.82, 2.24) is 0 Å². The number of methoxy groups -OCH3 is 1. The van der Waals surface area contributed by atoms with Crippen molar-refractivity contribution in [1.29, 1.82) is 0 Å². The minimum absolute atomic E-state index is 0.242. The number of nitrogens with zero attached hydrogens (tertiary/aromatic N) is 1. The van der Waals surface area contributed by atoms with Crippen molar-refractivity contribution in [2.24, 2.45) is 0 Å². The number of ether oxygens (including phenoxy) is 2. The molecule has 2 aromatic rings. The van der Waals surface area contributed by atoms with Gasteiger partial charge in [0.25, 0.3) is 5.91 Å². The molecule has 0 atom stereocenters. The third-order valence-corrected chi connectivity index (χ3v) is 3.60. The second-order valence-electron chi connectivity index (χ2n) is 5.17. The Labute approximate surface area is 146 Å². The largest absolute Gasteiger partial charge is 0.465 e. The average Bonchev–Trinajstić information content (AvgIpc) is 2.66. The van der Waals surface area contributed by atoms with Crippen LogP contribution in [-0.4, -0.2) is 38.6 Å². The lowest BCUT2D eigenvalue weighted by Gasteiger charge is -2.20. The van der Waals surface area contributed by atoms with Crippen LogP contribution < -0.4 is 4.90 Å². The van der Waals surface area contributed by atoms with Crippen LogP contribution in [0.1, 0.15) is 38.0 Å². The Morgan fingerprint density at radius 3 is 2.32 bits per heavy atom. The number of hydrogen-bond donors (Lipinski definition) is 0. The average molecular weight is 341 g/mol. The fourth-order valence-electron chi connectivity index (χ4n) is 2.35. The second-order valence-corrected chi connectivity index (χ2v) is 5.17. The summed E-state index contributed by atoms with van der Waals surface area (Å²) in [6.07, 6.45) is 0. The van der Waals surface area contributed by atoms with Gasteiger partial charge in [0.15, 0.2) is 0 Å². The number of amides is 1. The van der Waals surface area contributed by atoms with Gasteiger partial charge in [0, 0.05) is 12.6 Å². The van der Waals surface area contributed by atoms with Crippen LogP contribution in [0.15, 0.2) is 48.5 Å². The van der Waals surface area contributed by atoms with Crippen LogP contribution in [0, 0.1) is 0 Å². The summed E-state index contributed by atoms with van der Waals surface area (Å²) in [6.45, 7) is 1.96. The highest BCUT2D eigenvalue weighted by Crippen LogP contribution is 2.22. The highest BCUT2D eigenvalue weighted by atomic mass is 16.5. The molecule has 0 aliphatic carbocycles. The molecule has 2 aromatic carbocycles. The highest BCUT2D eigenvalue weighted by molar-refractivity contribution is 6.10. The van der Waals surface area contributed by atoms with Gasteiger partial charge in [-0.2, -0.15) is 0 Å². The molecule has 6 nitrogen and oxygen atoms in total. The molecule has 6 heteroatoms. The van der Waals surface area contributed by atoms with Crippen LogP contribution in [0.2, 0.25) is 0 Å². The van der Waals surface area contributed by atoms with E-state index in [-0.39, 0.29) is 18.1 Å². The molecule has 0 bridgehead atoms. The lowest BCUT2D eigenvalue weighted by molar-refractivity contribution is 0.0526. The van der Waals surface area contributed by atoms with E-state index in [0.29, 0.717) is 16.8 Å². The summed E-state index contributed by atoms with van der Waals surface area (Å²) in [5, 5.41) is 0. The molecule has 0 aliphatic rings. The van der Waals surface area contributed by atoms with Crippen molar-refractivity contribution < 1.29 is 23.9 Å². The SMILES string of the molecule is CCOC(=O)c1ccccc1N(C)C(=O)c1cccc(C(=O)OC)c1. The van der Waals surface area contributed by atoms with Gasteiger partial charge in [-0.1, -0.05) is 18.2 Å². The normalized spacial score (nSPS) is 10.0. The number of hydrogen-bond acceptors (Lipinski definition) is 5. The number of para-hydroxylation sites is 1. The molecule has 2 rings (SSSR count). The Hall–Kier alpha value is -3.15. The summed E-state index contributed by atoms with van der Waals surface area (Å²) in [5.74, 6) is -1.38. The Morgan fingerprint density at radius 2 is 1.64 bits per heavy atom. The molecule has 0 radical (unpaired) electrons. The van der Waals surface area contributed by atoms with Crippen LogP contribution in [0.25, 0.3) is 0 Å². The van der Waals surface area contributed by atoms with Gasteiger partial charge >= 0.3 is 11.9 Å². The van der Waals surface area contributed by atoms with Crippen LogP contribution in [-0.2, 0) is 9.47 Å². The molecule has 0 heterocycles. The maximum absolute atomic E-state index is 12.8. The number of benzene rings is 2. The zero-order valence-electron chi connectivity index (χ0n) is 14.3. The smallest absolute Gasteiger partial charge is 0.340 e. The van der Waals surface area contributed by atoms with E-state index >= 15 is 0 Å². The number of rotatable bonds is 5. The van der Waals surface area contributed by atoms with Gasteiger partial charge in [-0.05, 0) is 37.3 Å². The third-order valence-electron chi connectivity index (χ3n) is 3.60. The summed E-state index contributed by atoms with van der Waals surface area (Å²) >= 11 is 0. The van der Waals surface area contributed by atoms with Gasteiger partial charge in [0.2, 0.25) is 0 Å². The first kappa shape index (κ1) is 18.2. The molecule has 0 fully saturated rings. The van der Waals surface area contributed by atoms with E-state index in [9.17, 15) is 14.4 Å². The first-order chi connectivity index (χ1) is 12.0. The van der Waals surface area contributed by atoms with Gasteiger partial charge in [-0.25, -0.2) is 9.59 Å². The van der Waals surface area contributed by atoms with Crippen LogP contribution in [0.4, 0.5) is 5.69 Å². The molecule has 0 unspecified atom stereocenters. The zero-order valence-corrected chi connectivity index (χ0v) is 14.3. The quantitative estimate of drug-likeness (QED) is 0.782. The maximum Gasteiger partial charge on any atom is 0.340 e. The van der Waals surface area contributed by atoms with Gasteiger partial charge in [-0.15, -0.1) is 0 Å². The van der Waals surface area contributed by atoms with Crippen molar-refractivity contribution in [3.05, 3.63) is 65.2 Å². The van der Waals surface area contributed by atoms with Gasteiger partial charge in [0.05, 0.1) is 30.5 Å². The van der Waals surface area contributed by atoms with Crippen LogP contribution in [0.3, 0.4) is 0 Å². The van der Waals surface area contributed by atoms with Crippen molar-refractivity contribution in [2.75, 3.05) is 25.7 Å². The fourth-order valence-corrected chi connectivity index (χ4v) is 2.35. The Kier molecular flexibility index (Phi) is 5.89. The number of carbonyl (C=O) groups excluding carboxylic acids is 3. The molecule has 130 valence electrons. The van der Waals surface area contributed by atoms with E-state index in [1.165, 1.54) is 18.1 Å². The Bertz CT molecular complexity index is 800. The predicted molar refractivity (Wildman–Crippen MR) is 92.9 cm³/mol. The van der Waals surface area contributed by atoms with E-state index in [2.05, 4.69) is 4.74 Å². The first-order valence-corrected chi connectivity index (χ1v) is 7.72. The topological polar surface area (TPSA) is 72.9 Å². The van der Waals surface area contributed by atoms with E-state index in [4.69, 9.17) is 4.74 Å². The molecular formula is C19H19NO5. The van der Waals surface area contributed by atoms with E-state index in [1.54, 1.807) is 56.4 Å². The van der Waals surface area contributed by atoms with Crippen molar-refractivity contribution in [2.45, 2.75) is 6.92 Å². The molecule has 0 aromatic heterocycles. The van der Waals surface area contributed by atoms with E-state index < -0.39 is 11.9 Å².